The van der Waals surface area contributed by atoms with Crippen LogP contribution in [-0.4, -0.2) is 41.0 Å². The van der Waals surface area contributed by atoms with Gasteiger partial charge in [-0.1, -0.05) is 51.3 Å². The van der Waals surface area contributed by atoms with Gasteiger partial charge in [-0.2, -0.15) is 0 Å². The molecule has 0 bridgehead atoms. The number of ether oxygens (including phenoxy) is 2. The van der Waals surface area contributed by atoms with Gasteiger partial charge in [0.25, 0.3) is 0 Å². The van der Waals surface area contributed by atoms with Crippen LogP contribution >= 0.6 is 0 Å². The topological polar surface area (TPSA) is 93.1 Å². The minimum Gasteiger partial charge on any atom is -0.463 e. The zero-order chi connectivity index (χ0) is 23.9. The zero-order valence-corrected chi connectivity index (χ0v) is 20.2. The Bertz CT molecular complexity index is 663. The first-order valence-electron chi connectivity index (χ1n) is 12.1. The number of aliphatic hydroxyl groups excluding tert-OH is 2. The Kier molecular flexibility index (Phi) is 13.9. The van der Waals surface area contributed by atoms with Crippen LogP contribution in [0.5, 0.6) is 0 Å². The van der Waals surface area contributed by atoms with Crippen molar-refractivity contribution in [1.29, 1.82) is 0 Å². The van der Waals surface area contributed by atoms with Gasteiger partial charge in [0.05, 0.1) is 18.8 Å². The summed E-state index contributed by atoms with van der Waals surface area (Å²) in [4.78, 5) is 22.8. The molecule has 182 valence electrons. The highest BCUT2D eigenvalue weighted by atomic mass is 16.5. The monoisotopic (exact) mass is 450 g/mol. The highest BCUT2D eigenvalue weighted by Crippen LogP contribution is 2.37. The van der Waals surface area contributed by atoms with E-state index in [2.05, 4.69) is 13.8 Å². The second-order valence-corrected chi connectivity index (χ2v) is 8.67. The molecule has 1 aliphatic rings. The van der Waals surface area contributed by atoms with E-state index in [4.69, 9.17) is 9.47 Å². The molecule has 0 radical (unpaired) electrons. The van der Waals surface area contributed by atoms with E-state index in [1.807, 2.05) is 6.08 Å². The standard InChI is InChI=1S/C26H42O6/c1-5-7-12-19(3)17-21(28)15-16-22-23(25(18-24(22)29)32-20(4)27)13-10-8-9-11-14-26(30)31-6-2/h11,14-16,19,21-22,24,28-29H,5-10,12-13,17-18H2,1-4H3/b14-11+,16-15+/t19-,21+,22+,24+/m0/s1. The number of carbonyl (C=O) groups excluding carboxylic acids is 2. The first kappa shape index (κ1) is 28.1. The number of hydrogen-bond donors (Lipinski definition) is 2. The zero-order valence-electron chi connectivity index (χ0n) is 20.2. The van der Waals surface area contributed by atoms with E-state index in [1.165, 1.54) is 13.0 Å². The first-order valence-corrected chi connectivity index (χ1v) is 12.1. The van der Waals surface area contributed by atoms with Gasteiger partial charge in [0, 0.05) is 25.3 Å². The van der Waals surface area contributed by atoms with E-state index in [-0.39, 0.29) is 11.9 Å². The lowest BCUT2D eigenvalue weighted by Crippen LogP contribution is -2.16. The molecule has 4 atom stereocenters. The van der Waals surface area contributed by atoms with Gasteiger partial charge >= 0.3 is 11.9 Å². The summed E-state index contributed by atoms with van der Waals surface area (Å²) in [5.41, 5.74) is 0.921. The summed E-state index contributed by atoms with van der Waals surface area (Å²) in [5.74, 6) is 0.000415. The third-order valence-electron chi connectivity index (χ3n) is 5.68. The summed E-state index contributed by atoms with van der Waals surface area (Å²) < 4.78 is 10.2. The average molecular weight is 451 g/mol. The van der Waals surface area contributed by atoms with E-state index < -0.39 is 18.2 Å². The molecule has 0 heterocycles. The number of unbranched alkanes of at least 4 members (excludes halogenated alkanes) is 3. The molecule has 0 aromatic heterocycles. The van der Waals surface area contributed by atoms with Gasteiger partial charge in [0.1, 0.15) is 5.76 Å². The van der Waals surface area contributed by atoms with E-state index in [9.17, 15) is 19.8 Å². The van der Waals surface area contributed by atoms with Crippen molar-refractivity contribution in [3.63, 3.8) is 0 Å². The summed E-state index contributed by atoms with van der Waals surface area (Å²) >= 11 is 0. The van der Waals surface area contributed by atoms with Gasteiger partial charge < -0.3 is 19.7 Å². The lowest BCUT2D eigenvalue weighted by Gasteiger charge is -2.17. The van der Waals surface area contributed by atoms with Crippen molar-refractivity contribution in [2.75, 3.05) is 6.61 Å². The van der Waals surface area contributed by atoms with E-state index >= 15 is 0 Å². The Morgan fingerprint density at radius 3 is 2.62 bits per heavy atom. The summed E-state index contributed by atoms with van der Waals surface area (Å²) in [6.45, 7) is 7.81. The highest BCUT2D eigenvalue weighted by Gasteiger charge is 2.33. The van der Waals surface area contributed by atoms with Crippen molar-refractivity contribution in [3.8, 4) is 0 Å². The molecular weight excluding hydrogens is 408 g/mol. The van der Waals surface area contributed by atoms with Crippen molar-refractivity contribution < 1.29 is 29.3 Å². The molecular formula is C26H42O6. The molecule has 32 heavy (non-hydrogen) atoms. The molecule has 0 amide bonds. The summed E-state index contributed by atoms with van der Waals surface area (Å²) in [7, 11) is 0. The first-order chi connectivity index (χ1) is 15.3. The van der Waals surface area contributed by atoms with Crippen LogP contribution in [0.3, 0.4) is 0 Å². The van der Waals surface area contributed by atoms with Crippen LogP contribution in [-0.2, 0) is 19.1 Å². The van der Waals surface area contributed by atoms with Crippen molar-refractivity contribution in [2.45, 2.75) is 97.7 Å². The van der Waals surface area contributed by atoms with Crippen molar-refractivity contribution in [3.05, 3.63) is 35.6 Å². The summed E-state index contributed by atoms with van der Waals surface area (Å²) in [5, 5.41) is 21.0. The Morgan fingerprint density at radius 2 is 1.97 bits per heavy atom. The normalized spacial score (nSPS) is 20.8. The van der Waals surface area contributed by atoms with Crippen LogP contribution in [0.2, 0.25) is 0 Å². The summed E-state index contributed by atoms with van der Waals surface area (Å²) in [6.07, 6.45) is 13.2. The number of esters is 2. The maximum atomic E-state index is 11.5. The second-order valence-electron chi connectivity index (χ2n) is 8.67. The lowest BCUT2D eigenvalue weighted by atomic mass is 9.92. The summed E-state index contributed by atoms with van der Waals surface area (Å²) in [6, 6.07) is 0. The van der Waals surface area contributed by atoms with E-state index in [1.54, 1.807) is 19.1 Å². The molecule has 0 saturated heterocycles. The largest absolute Gasteiger partial charge is 0.463 e. The molecule has 0 aromatic rings. The maximum Gasteiger partial charge on any atom is 0.330 e. The fraction of sp³-hybridized carbons (Fsp3) is 0.692. The number of rotatable bonds is 15. The quantitative estimate of drug-likeness (QED) is 0.158. The van der Waals surface area contributed by atoms with Crippen LogP contribution < -0.4 is 0 Å². The van der Waals surface area contributed by atoms with Crippen LogP contribution in [0.25, 0.3) is 0 Å². The predicted octanol–water partition coefficient (Wildman–Crippen LogP) is 5.00. The second kappa shape index (κ2) is 15.8. The highest BCUT2D eigenvalue weighted by molar-refractivity contribution is 5.81. The Balaban J connectivity index is 2.69. The molecule has 0 unspecified atom stereocenters. The maximum absolute atomic E-state index is 11.5. The SMILES string of the molecule is CCCC[C@H](C)C[C@H](O)/C=C/[C@@H]1C(CCCC/C=C/C(=O)OCC)=C(OC(C)=O)C[C@H]1O. The van der Waals surface area contributed by atoms with Crippen LogP contribution in [0.1, 0.15) is 85.5 Å². The van der Waals surface area contributed by atoms with Crippen LogP contribution in [0, 0.1) is 11.8 Å². The van der Waals surface area contributed by atoms with Gasteiger partial charge in [-0.15, -0.1) is 0 Å². The van der Waals surface area contributed by atoms with Crippen molar-refractivity contribution >= 4 is 11.9 Å². The van der Waals surface area contributed by atoms with Crippen molar-refractivity contribution in [2.24, 2.45) is 11.8 Å². The van der Waals surface area contributed by atoms with Crippen molar-refractivity contribution in [1.82, 2.24) is 0 Å². The van der Waals surface area contributed by atoms with Gasteiger partial charge in [-0.25, -0.2) is 4.79 Å². The Morgan fingerprint density at radius 1 is 1.22 bits per heavy atom. The molecule has 0 spiro atoms. The molecule has 0 fully saturated rings. The number of carbonyl (C=O) groups is 2. The van der Waals surface area contributed by atoms with Gasteiger partial charge in [-0.05, 0) is 50.5 Å². The minimum absolute atomic E-state index is 0.264. The number of allylic oxidation sites excluding steroid dienone is 1. The fourth-order valence-electron chi connectivity index (χ4n) is 4.05. The van der Waals surface area contributed by atoms with Gasteiger partial charge in [-0.3, -0.25) is 4.79 Å². The Labute approximate surface area is 193 Å². The fourth-order valence-corrected chi connectivity index (χ4v) is 4.05. The third-order valence-corrected chi connectivity index (χ3v) is 5.68. The number of hydrogen-bond acceptors (Lipinski definition) is 6. The smallest absolute Gasteiger partial charge is 0.330 e. The van der Waals surface area contributed by atoms with E-state index in [0.29, 0.717) is 37.5 Å². The minimum atomic E-state index is -0.663. The lowest BCUT2D eigenvalue weighted by molar-refractivity contribution is -0.138. The molecule has 6 heteroatoms. The molecule has 0 aliphatic heterocycles. The molecule has 1 aliphatic carbocycles. The van der Waals surface area contributed by atoms with Crippen LogP contribution in [0.15, 0.2) is 35.6 Å². The molecule has 0 aromatic carbocycles. The van der Waals surface area contributed by atoms with Crippen LogP contribution in [0.4, 0.5) is 0 Å². The molecule has 0 saturated carbocycles. The third kappa shape index (κ3) is 11.1. The average Bonchev–Trinajstić information content (AvgIpc) is 3.00. The van der Waals surface area contributed by atoms with E-state index in [0.717, 1.165) is 44.1 Å². The Hall–Kier alpha value is -1.92. The van der Waals surface area contributed by atoms with Gasteiger partial charge in [0.15, 0.2) is 0 Å². The molecule has 2 N–H and O–H groups in total. The molecule has 1 rings (SSSR count). The van der Waals surface area contributed by atoms with Gasteiger partial charge in [0.2, 0.25) is 0 Å². The molecule has 6 nitrogen and oxygen atoms in total. The number of aliphatic hydroxyl groups is 2. The predicted molar refractivity (Wildman–Crippen MR) is 126 cm³/mol.